The molecule has 2 fully saturated rings. The molecular formula is C15H29N3O. The third-order valence-corrected chi connectivity index (χ3v) is 4.79. The molecule has 0 aromatic carbocycles. The molecule has 0 aromatic rings. The van der Waals surface area contributed by atoms with Crippen molar-refractivity contribution in [2.45, 2.75) is 45.6 Å². The molecule has 2 aliphatic rings. The predicted octanol–water partition coefficient (Wildman–Crippen LogP) is 1.22. The van der Waals surface area contributed by atoms with Crippen LogP contribution in [0.15, 0.2) is 0 Å². The number of hydrogen-bond donors (Lipinski definition) is 2. The van der Waals surface area contributed by atoms with Crippen LogP contribution in [0.2, 0.25) is 0 Å². The van der Waals surface area contributed by atoms with E-state index in [2.05, 4.69) is 36.4 Å². The van der Waals surface area contributed by atoms with Crippen molar-refractivity contribution in [1.29, 1.82) is 0 Å². The molecule has 4 nitrogen and oxygen atoms in total. The quantitative estimate of drug-likeness (QED) is 0.808. The summed E-state index contributed by atoms with van der Waals surface area (Å²) in [5.41, 5.74) is 0.0785. The highest BCUT2D eigenvalue weighted by Crippen LogP contribution is 2.30. The Hall–Kier alpha value is -0.610. The maximum absolute atomic E-state index is 12.3. The summed E-state index contributed by atoms with van der Waals surface area (Å²) >= 11 is 0. The van der Waals surface area contributed by atoms with Crippen LogP contribution in [0.25, 0.3) is 0 Å². The largest absolute Gasteiger partial charge is 0.354 e. The Labute approximate surface area is 117 Å². The lowest BCUT2D eigenvalue weighted by atomic mass is 9.77. The zero-order valence-corrected chi connectivity index (χ0v) is 12.7. The van der Waals surface area contributed by atoms with Crippen molar-refractivity contribution in [2.75, 3.05) is 33.2 Å². The molecule has 2 rings (SSSR count). The van der Waals surface area contributed by atoms with Gasteiger partial charge in [-0.2, -0.15) is 0 Å². The number of carbonyl (C=O) groups excluding carboxylic acids is 1. The van der Waals surface area contributed by atoms with Gasteiger partial charge in [-0.05, 0) is 63.7 Å². The molecule has 0 bridgehead atoms. The zero-order valence-electron chi connectivity index (χ0n) is 12.7. The summed E-state index contributed by atoms with van der Waals surface area (Å²) in [6.45, 7) is 8.52. The highest BCUT2D eigenvalue weighted by Gasteiger charge is 2.37. The van der Waals surface area contributed by atoms with Crippen LogP contribution in [-0.4, -0.2) is 50.1 Å². The van der Waals surface area contributed by atoms with E-state index in [9.17, 15) is 4.79 Å². The molecule has 0 aliphatic carbocycles. The van der Waals surface area contributed by atoms with Gasteiger partial charge in [-0.25, -0.2) is 0 Å². The summed E-state index contributed by atoms with van der Waals surface area (Å²) in [6, 6.07) is -0.0208. The molecule has 2 N–H and O–H groups in total. The van der Waals surface area contributed by atoms with E-state index in [1.807, 2.05) is 0 Å². The van der Waals surface area contributed by atoms with Crippen LogP contribution in [0.3, 0.4) is 0 Å². The maximum Gasteiger partial charge on any atom is 0.237 e. The Kier molecular flexibility index (Phi) is 4.85. The van der Waals surface area contributed by atoms with Crippen molar-refractivity contribution in [3.05, 3.63) is 0 Å². The standard InChI is InChI=1S/C15H29N3O/c1-15(2)7-4-8-16-13(15)14(19)17-11-12-5-9-18(3)10-6-12/h12-13,16H,4-11H2,1-3H3,(H,17,19). The van der Waals surface area contributed by atoms with Crippen LogP contribution >= 0.6 is 0 Å². The number of carbonyl (C=O) groups is 1. The van der Waals surface area contributed by atoms with Crippen molar-refractivity contribution >= 4 is 5.91 Å². The lowest BCUT2D eigenvalue weighted by Crippen LogP contribution is -2.56. The van der Waals surface area contributed by atoms with Crippen molar-refractivity contribution in [3.8, 4) is 0 Å². The Morgan fingerprint density at radius 1 is 1.37 bits per heavy atom. The number of hydrogen-bond acceptors (Lipinski definition) is 3. The molecule has 1 amide bonds. The van der Waals surface area contributed by atoms with Crippen LogP contribution in [0.1, 0.15) is 39.5 Å². The molecule has 110 valence electrons. The topological polar surface area (TPSA) is 44.4 Å². The second kappa shape index (κ2) is 6.23. The van der Waals surface area contributed by atoms with E-state index in [-0.39, 0.29) is 17.4 Å². The predicted molar refractivity (Wildman–Crippen MR) is 78.0 cm³/mol. The van der Waals surface area contributed by atoms with E-state index in [0.717, 1.165) is 32.6 Å². The Morgan fingerprint density at radius 3 is 2.68 bits per heavy atom. The molecule has 4 heteroatoms. The molecule has 19 heavy (non-hydrogen) atoms. The van der Waals surface area contributed by atoms with Gasteiger partial charge in [0.25, 0.3) is 0 Å². The van der Waals surface area contributed by atoms with E-state index < -0.39 is 0 Å². The third-order valence-electron chi connectivity index (χ3n) is 4.79. The van der Waals surface area contributed by atoms with Crippen molar-refractivity contribution in [2.24, 2.45) is 11.3 Å². The number of piperidine rings is 2. The van der Waals surface area contributed by atoms with Gasteiger partial charge in [0, 0.05) is 6.54 Å². The molecule has 2 aliphatic heterocycles. The highest BCUT2D eigenvalue weighted by atomic mass is 16.2. The SMILES string of the molecule is CN1CCC(CNC(=O)C2NCCCC2(C)C)CC1. The van der Waals surface area contributed by atoms with Crippen LogP contribution < -0.4 is 10.6 Å². The number of nitrogens with zero attached hydrogens (tertiary/aromatic N) is 1. The van der Waals surface area contributed by atoms with Crippen molar-refractivity contribution in [3.63, 3.8) is 0 Å². The lowest BCUT2D eigenvalue weighted by Gasteiger charge is -2.38. The number of amides is 1. The van der Waals surface area contributed by atoms with Gasteiger partial charge in [0.15, 0.2) is 0 Å². The van der Waals surface area contributed by atoms with Crippen LogP contribution in [-0.2, 0) is 4.79 Å². The van der Waals surface area contributed by atoms with Gasteiger partial charge >= 0.3 is 0 Å². The minimum absolute atomic E-state index is 0.0208. The van der Waals surface area contributed by atoms with Crippen molar-refractivity contribution in [1.82, 2.24) is 15.5 Å². The number of nitrogens with one attached hydrogen (secondary N) is 2. The van der Waals surface area contributed by atoms with Gasteiger partial charge in [0.2, 0.25) is 5.91 Å². The Bertz CT molecular complexity index is 309. The van der Waals surface area contributed by atoms with Gasteiger partial charge in [-0.3, -0.25) is 4.79 Å². The first kappa shape index (κ1) is 14.8. The van der Waals surface area contributed by atoms with Gasteiger partial charge < -0.3 is 15.5 Å². The van der Waals surface area contributed by atoms with Crippen molar-refractivity contribution < 1.29 is 4.79 Å². The van der Waals surface area contributed by atoms with Gasteiger partial charge in [0.1, 0.15) is 0 Å². The highest BCUT2D eigenvalue weighted by molar-refractivity contribution is 5.82. The molecule has 2 saturated heterocycles. The Morgan fingerprint density at radius 2 is 2.05 bits per heavy atom. The number of likely N-dealkylation sites (tertiary alicyclic amines) is 1. The second-order valence-corrected chi connectivity index (χ2v) is 6.97. The summed E-state index contributed by atoms with van der Waals surface area (Å²) in [5.74, 6) is 0.857. The van der Waals surface area contributed by atoms with E-state index in [4.69, 9.17) is 0 Å². The molecule has 0 aromatic heterocycles. The fourth-order valence-electron chi connectivity index (χ4n) is 3.27. The summed E-state index contributed by atoms with van der Waals surface area (Å²) in [7, 11) is 2.17. The molecule has 2 heterocycles. The fourth-order valence-corrected chi connectivity index (χ4v) is 3.27. The van der Waals surface area contributed by atoms with Crippen LogP contribution in [0, 0.1) is 11.3 Å². The second-order valence-electron chi connectivity index (χ2n) is 6.97. The molecule has 0 spiro atoms. The monoisotopic (exact) mass is 267 g/mol. The van der Waals surface area contributed by atoms with Crippen LogP contribution in [0.5, 0.6) is 0 Å². The zero-order chi connectivity index (χ0) is 13.9. The molecular weight excluding hydrogens is 238 g/mol. The first-order chi connectivity index (χ1) is 8.99. The Balaban J connectivity index is 1.77. The molecule has 1 atom stereocenters. The van der Waals surface area contributed by atoms with Gasteiger partial charge in [-0.15, -0.1) is 0 Å². The van der Waals surface area contributed by atoms with Crippen LogP contribution in [0.4, 0.5) is 0 Å². The average Bonchev–Trinajstić information content (AvgIpc) is 2.37. The normalized spacial score (nSPS) is 29.1. The third kappa shape index (κ3) is 3.93. The summed E-state index contributed by atoms with van der Waals surface area (Å²) < 4.78 is 0. The summed E-state index contributed by atoms with van der Waals surface area (Å²) in [5, 5.41) is 6.56. The van der Waals surface area contributed by atoms with E-state index in [1.165, 1.54) is 19.3 Å². The minimum atomic E-state index is -0.0208. The lowest BCUT2D eigenvalue weighted by molar-refractivity contribution is -0.127. The smallest absolute Gasteiger partial charge is 0.237 e. The molecule has 1 unspecified atom stereocenters. The molecule has 0 saturated carbocycles. The minimum Gasteiger partial charge on any atom is -0.354 e. The number of rotatable bonds is 3. The van der Waals surface area contributed by atoms with Gasteiger partial charge in [0.05, 0.1) is 6.04 Å². The van der Waals surface area contributed by atoms with Gasteiger partial charge in [-0.1, -0.05) is 13.8 Å². The first-order valence-corrected chi connectivity index (χ1v) is 7.69. The maximum atomic E-state index is 12.3. The average molecular weight is 267 g/mol. The van der Waals surface area contributed by atoms with E-state index >= 15 is 0 Å². The van der Waals surface area contributed by atoms with E-state index in [1.54, 1.807) is 0 Å². The summed E-state index contributed by atoms with van der Waals surface area (Å²) in [4.78, 5) is 14.7. The fraction of sp³-hybridized carbons (Fsp3) is 0.933. The van der Waals surface area contributed by atoms with E-state index in [0.29, 0.717) is 5.92 Å². The summed E-state index contributed by atoms with van der Waals surface area (Å²) in [6.07, 6.45) is 4.72. The molecule has 0 radical (unpaired) electrons. The first-order valence-electron chi connectivity index (χ1n) is 7.69.